The Morgan fingerprint density at radius 2 is 1.94 bits per heavy atom. The Morgan fingerprint density at radius 3 is 2.53 bits per heavy atom. The van der Waals surface area contributed by atoms with Crippen LogP contribution >= 0.6 is 0 Å². The van der Waals surface area contributed by atoms with E-state index >= 15 is 0 Å². The van der Waals surface area contributed by atoms with Gasteiger partial charge in [0.2, 0.25) is 11.7 Å². The van der Waals surface area contributed by atoms with Gasteiger partial charge in [0, 0.05) is 12.6 Å². The molecule has 0 spiro atoms. The molecule has 90 valence electrons. The fraction of sp³-hybridized carbons (Fsp3) is 0.462. The summed E-state index contributed by atoms with van der Waals surface area (Å²) in [6.07, 6.45) is 1.03. The van der Waals surface area contributed by atoms with Crippen LogP contribution in [0.1, 0.15) is 31.0 Å². The van der Waals surface area contributed by atoms with Gasteiger partial charge in [0.25, 0.3) is 0 Å². The number of aryl methyl sites for hydroxylation is 2. The van der Waals surface area contributed by atoms with Crippen molar-refractivity contribution in [2.24, 2.45) is 5.92 Å². The highest BCUT2D eigenvalue weighted by molar-refractivity contribution is 5.50. The van der Waals surface area contributed by atoms with Crippen molar-refractivity contribution in [3.63, 3.8) is 0 Å². The third kappa shape index (κ3) is 2.90. The van der Waals surface area contributed by atoms with Gasteiger partial charge in [0.1, 0.15) is 5.69 Å². The third-order valence-corrected chi connectivity index (χ3v) is 2.41. The van der Waals surface area contributed by atoms with E-state index in [-0.39, 0.29) is 0 Å². The van der Waals surface area contributed by atoms with Crippen LogP contribution in [-0.4, -0.2) is 15.1 Å². The van der Waals surface area contributed by atoms with E-state index in [1.165, 1.54) is 5.56 Å². The zero-order valence-corrected chi connectivity index (χ0v) is 10.7. The fourth-order valence-corrected chi connectivity index (χ4v) is 1.85. The van der Waals surface area contributed by atoms with Crippen molar-refractivity contribution in [2.75, 3.05) is 0 Å². The molecule has 4 heteroatoms. The highest BCUT2D eigenvalue weighted by Crippen LogP contribution is 2.18. The molecule has 0 saturated carbocycles. The molecule has 0 N–H and O–H groups in total. The minimum atomic E-state index is 0.564. The number of rotatable bonds is 3. The first-order chi connectivity index (χ1) is 8.04. The molecule has 2 aromatic rings. The van der Waals surface area contributed by atoms with Crippen LogP contribution in [0.15, 0.2) is 16.7 Å². The SMILES string of the molecule is Cc1cc(CC(C)C)cc(-c2noc(C)n2)n1. The molecule has 0 bridgehead atoms. The van der Waals surface area contributed by atoms with Crippen molar-refractivity contribution in [3.8, 4) is 11.5 Å². The monoisotopic (exact) mass is 231 g/mol. The highest BCUT2D eigenvalue weighted by Gasteiger charge is 2.09. The van der Waals surface area contributed by atoms with Crippen molar-refractivity contribution in [2.45, 2.75) is 34.1 Å². The van der Waals surface area contributed by atoms with Crippen molar-refractivity contribution >= 4 is 0 Å². The summed E-state index contributed by atoms with van der Waals surface area (Å²) in [5, 5.41) is 3.90. The topological polar surface area (TPSA) is 51.8 Å². The molecule has 0 fully saturated rings. The summed E-state index contributed by atoms with van der Waals surface area (Å²) in [7, 11) is 0. The molecule has 0 aromatic carbocycles. The van der Waals surface area contributed by atoms with Gasteiger partial charge in [0.05, 0.1) is 0 Å². The van der Waals surface area contributed by atoms with E-state index in [0.29, 0.717) is 17.6 Å². The summed E-state index contributed by atoms with van der Waals surface area (Å²) in [5.41, 5.74) is 3.04. The highest BCUT2D eigenvalue weighted by atomic mass is 16.5. The van der Waals surface area contributed by atoms with Gasteiger partial charge in [-0.3, -0.25) is 0 Å². The van der Waals surface area contributed by atoms with Crippen LogP contribution in [0.25, 0.3) is 11.5 Å². The first kappa shape index (κ1) is 11.8. The second-order valence-corrected chi connectivity index (χ2v) is 4.74. The maximum Gasteiger partial charge on any atom is 0.223 e. The predicted molar refractivity (Wildman–Crippen MR) is 65.5 cm³/mol. The molecule has 0 radical (unpaired) electrons. The quantitative estimate of drug-likeness (QED) is 0.815. The van der Waals surface area contributed by atoms with E-state index in [2.05, 4.69) is 35.0 Å². The van der Waals surface area contributed by atoms with Crippen LogP contribution in [0.5, 0.6) is 0 Å². The molecule has 0 aliphatic rings. The standard InChI is InChI=1S/C13H17N3O/c1-8(2)5-11-6-9(3)14-12(7-11)13-15-10(4)17-16-13/h6-8H,5H2,1-4H3. The Labute approximate surface area is 101 Å². The average Bonchev–Trinajstić information content (AvgIpc) is 2.62. The minimum Gasteiger partial charge on any atom is -0.339 e. The summed E-state index contributed by atoms with van der Waals surface area (Å²) < 4.78 is 4.98. The van der Waals surface area contributed by atoms with Crippen LogP contribution in [0.4, 0.5) is 0 Å². The summed E-state index contributed by atoms with van der Waals surface area (Å²) in [4.78, 5) is 8.64. The number of pyridine rings is 1. The van der Waals surface area contributed by atoms with Crippen molar-refractivity contribution < 1.29 is 4.52 Å². The number of hydrogen-bond acceptors (Lipinski definition) is 4. The molecule has 2 aromatic heterocycles. The lowest BCUT2D eigenvalue weighted by molar-refractivity contribution is 0.394. The lowest BCUT2D eigenvalue weighted by atomic mass is 10.0. The Kier molecular flexibility index (Phi) is 3.22. The van der Waals surface area contributed by atoms with E-state index < -0.39 is 0 Å². The van der Waals surface area contributed by atoms with E-state index in [1.807, 2.05) is 13.0 Å². The molecule has 17 heavy (non-hydrogen) atoms. The van der Waals surface area contributed by atoms with Crippen LogP contribution in [0.2, 0.25) is 0 Å². The molecule has 0 saturated heterocycles. The molecule has 2 rings (SSSR count). The molecular weight excluding hydrogens is 214 g/mol. The Hall–Kier alpha value is -1.71. The van der Waals surface area contributed by atoms with Crippen molar-refractivity contribution in [3.05, 3.63) is 29.3 Å². The maximum absolute atomic E-state index is 4.98. The summed E-state index contributed by atoms with van der Waals surface area (Å²) >= 11 is 0. The molecule has 2 heterocycles. The van der Waals surface area contributed by atoms with E-state index in [4.69, 9.17) is 4.52 Å². The van der Waals surface area contributed by atoms with Crippen LogP contribution in [-0.2, 0) is 6.42 Å². The fourth-order valence-electron chi connectivity index (χ4n) is 1.85. The lowest BCUT2D eigenvalue weighted by Gasteiger charge is -2.07. The third-order valence-electron chi connectivity index (χ3n) is 2.41. The number of nitrogens with zero attached hydrogens (tertiary/aromatic N) is 3. The smallest absolute Gasteiger partial charge is 0.223 e. The van der Waals surface area contributed by atoms with Gasteiger partial charge in [0.15, 0.2) is 0 Å². The molecule has 0 amide bonds. The predicted octanol–water partition coefficient (Wildman–Crippen LogP) is 2.95. The Morgan fingerprint density at radius 1 is 1.18 bits per heavy atom. The van der Waals surface area contributed by atoms with Gasteiger partial charge in [-0.05, 0) is 37.0 Å². The number of aromatic nitrogens is 3. The van der Waals surface area contributed by atoms with Crippen LogP contribution in [0, 0.1) is 19.8 Å². The zero-order chi connectivity index (χ0) is 12.4. The Bertz CT molecular complexity index is 517. The van der Waals surface area contributed by atoms with Gasteiger partial charge in [-0.15, -0.1) is 0 Å². The average molecular weight is 231 g/mol. The van der Waals surface area contributed by atoms with Crippen molar-refractivity contribution in [1.29, 1.82) is 0 Å². The lowest BCUT2D eigenvalue weighted by Crippen LogP contribution is -1.98. The first-order valence-corrected chi connectivity index (χ1v) is 5.83. The Balaban J connectivity index is 2.37. The van der Waals surface area contributed by atoms with Crippen LogP contribution < -0.4 is 0 Å². The second-order valence-electron chi connectivity index (χ2n) is 4.74. The van der Waals surface area contributed by atoms with Crippen molar-refractivity contribution in [1.82, 2.24) is 15.1 Å². The van der Waals surface area contributed by atoms with Gasteiger partial charge in [-0.2, -0.15) is 4.98 Å². The summed E-state index contributed by atoms with van der Waals surface area (Å²) in [6.45, 7) is 8.17. The van der Waals surface area contributed by atoms with Gasteiger partial charge in [-0.1, -0.05) is 19.0 Å². The van der Waals surface area contributed by atoms with Gasteiger partial charge >= 0.3 is 0 Å². The molecule has 0 aliphatic heterocycles. The summed E-state index contributed by atoms with van der Waals surface area (Å²) in [6, 6.07) is 4.15. The molecule has 4 nitrogen and oxygen atoms in total. The van der Waals surface area contributed by atoms with E-state index in [9.17, 15) is 0 Å². The largest absolute Gasteiger partial charge is 0.339 e. The van der Waals surface area contributed by atoms with Gasteiger partial charge < -0.3 is 4.52 Å². The molecule has 0 unspecified atom stereocenters. The molecular formula is C13H17N3O. The molecule has 0 atom stereocenters. The zero-order valence-electron chi connectivity index (χ0n) is 10.7. The van der Waals surface area contributed by atoms with Gasteiger partial charge in [-0.25, -0.2) is 4.98 Å². The normalized spacial score (nSPS) is 11.1. The minimum absolute atomic E-state index is 0.564. The molecule has 0 aliphatic carbocycles. The first-order valence-electron chi connectivity index (χ1n) is 5.83. The number of hydrogen-bond donors (Lipinski definition) is 0. The van der Waals surface area contributed by atoms with Crippen LogP contribution in [0.3, 0.4) is 0 Å². The maximum atomic E-state index is 4.98. The van der Waals surface area contributed by atoms with E-state index in [1.54, 1.807) is 6.92 Å². The van der Waals surface area contributed by atoms with E-state index in [0.717, 1.165) is 17.8 Å². The second kappa shape index (κ2) is 4.65. The summed E-state index contributed by atoms with van der Waals surface area (Å²) in [5.74, 6) is 1.75.